The van der Waals surface area contributed by atoms with Gasteiger partial charge >= 0.3 is 12.1 Å². The summed E-state index contributed by atoms with van der Waals surface area (Å²) in [5.74, 6) is -1.85. The van der Waals surface area contributed by atoms with Gasteiger partial charge in [0.1, 0.15) is 0 Å². The Morgan fingerprint density at radius 1 is 1.08 bits per heavy atom. The number of hydrogen-bond donors (Lipinski definition) is 1. The van der Waals surface area contributed by atoms with Gasteiger partial charge in [-0.25, -0.2) is 4.79 Å². The van der Waals surface area contributed by atoms with Crippen LogP contribution in [0.1, 0.15) is 15.9 Å². The molecule has 1 N–H and O–H groups in total. The summed E-state index contributed by atoms with van der Waals surface area (Å²) < 4.78 is 43.4. The van der Waals surface area contributed by atoms with E-state index >= 15 is 0 Å². The molecular formula is C17H14F3NO3S. The van der Waals surface area contributed by atoms with Crippen LogP contribution < -0.4 is 5.32 Å². The summed E-state index contributed by atoms with van der Waals surface area (Å²) in [7, 11) is 0. The van der Waals surface area contributed by atoms with Crippen molar-refractivity contribution in [3.63, 3.8) is 0 Å². The Labute approximate surface area is 146 Å². The van der Waals surface area contributed by atoms with E-state index in [4.69, 9.17) is 4.74 Å². The number of halogens is 3. The van der Waals surface area contributed by atoms with Crippen LogP contribution in [-0.4, -0.2) is 24.7 Å². The molecule has 0 heterocycles. The number of carbonyl (C=O) groups is 2. The van der Waals surface area contributed by atoms with Gasteiger partial charge in [0.05, 0.1) is 16.8 Å². The second-order valence-corrected chi connectivity index (χ2v) is 5.72. The molecule has 0 aromatic heterocycles. The zero-order valence-electron chi connectivity index (χ0n) is 13.1. The maximum absolute atomic E-state index is 12.9. The fourth-order valence-electron chi connectivity index (χ4n) is 2.05. The lowest BCUT2D eigenvalue weighted by atomic mass is 10.1. The highest BCUT2D eigenvalue weighted by molar-refractivity contribution is 7.98. The van der Waals surface area contributed by atoms with Crippen molar-refractivity contribution in [2.24, 2.45) is 0 Å². The maximum Gasteiger partial charge on any atom is 0.417 e. The second-order valence-electron chi connectivity index (χ2n) is 4.87. The number of anilines is 1. The van der Waals surface area contributed by atoms with Gasteiger partial charge in [0.2, 0.25) is 0 Å². The molecule has 4 nitrogen and oxygen atoms in total. The molecule has 0 atom stereocenters. The molecule has 0 radical (unpaired) electrons. The molecule has 0 aliphatic rings. The molecule has 0 spiro atoms. The van der Waals surface area contributed by atoms with E-state index in [0.29, 0.717) is 5.69 Å². The van der Waals surface area contributed by atoms with Gasteiger partial charge in [0, 0.05) is 4.90 Å². The lowest BCUT2D eigenvalue weighted by Gasteiger charge is -2.12. The first-order valence-electron chi connectivity index (χ1n) is 7.09. The Bertz CT molecular complexity index is 778. The van der Waals surface area contributed by atoms with Crippen molar-refractivity contribution in [3.8, 4) is 0 Å². The van der Waals surface area contributed by atoms with Crippen molar-refractivity contribution in [1.29, 1.82) is 0 Å². The van der Waals surface area contributed by atoms with Crippen LogP contribution in [0.15, 0.2) is 53.4 Å². The molecule has 0 aliphatic carbocycles. The molecule has 0 fully saturated rings. The highest BCUT2D eigenvalue weighted by atomic mass is 32.2. The standard InChI is InChI=1S/C17H14F3NO3S/c1-25-14-9-5-4-8-13(14)21-15(22)10-24-16(23)11-6-2-3-7-12(11)17(18,19)20/h2-9H,10H2,1H3,(H,21,22). The first-order valence-corrected chi connectivity index (χ1v) is 8.31. The zero-order valence-corrected chi connectivity index (χ0v) is 13.9. The van der Waals surface area contributed by atoms with Gasteiger partial charge in [0.15, 0.2) is 6.61 Å². The van der Waals surface area contributed by atoms with E-state index in [-0.39, 0.29) is 0 Å². The van der Waals surface area contributed by atoms with Crippen LogP contribution in [0.25, 0.3) is 0 Å². The van der Waals surface area contributed by atoms with Gasteiger partial charge in [-0.1, -0.05) is 24.3 Å². The lowest BCUT2D eigenvalue weighted by Crippen LogP contribution is -2.22. The highest BCUT2D eigenvalue weighted by Crippen LogP contribution is 2.32. The fraction of sp³-hybridized carbons (Fsp3) is 0.176. The van der Waals surface area contributed by atoms with Gasteiger partial charge in [-0.05, 0) is 30.5 Å². The molecule has 1 amide bonds. The minimum atomic E-state index is -4.69. The second kappa shape index (κ2) is 8.06. The Morgan fingerprint density at radius 2 is 1.72 bits per heavy atom. The minimum Gasteiger partial charge on any atom is -0.452 e. The van der Waals surface area contributed by atoms with E-state index in [1.54, 1.807) is 24.3 Å². The van der Waals surface area contributed by atoms with Gasteiger partial charge in [-0.2, -0.15) is 13.2 Å². The summed E-state index contributed by atoms with van der Waals surface area (Å²) in [6.45, 7) is -0.687. The number of rotatable bonds is 5. The van der Waals surface area contributed by atoms with Crippen LogP contribution in [0.3, 0.4) is 0 Å². The van der Waals surface area contributed by atoms with Crippen molar-refractivity contribution in [2.45, 2.75) is 11.1 Å². The average molecular weight is 369 g/mol. The maximum atomic E-state index is 12.9. The fourth-order valence-corrected chi connectivity index (χ4v) is 2.60. The summed E-state index contributed by atoms with van der Waals surface area (Å²) in [5, 5.41) is 2.55. The molecule has 2 rings (SSSR count). The molecule has 2 aromatic rings. The molecule has 0 aliphatic heterocycles. The van der Waals surface area contributed by atoms with Crippen molar-refractivity contribution in [2.75, 3.05) is 18.2 Å². The van der Waals surface area contributed by atoms with Crippen LogP contribution >= 0.6 is 11.8 Å². The number of amides is 1. The van der Waals surface area contributed by atoms with Crippen LogP contribution in [-0.2, 0) is 15.7 Å². The molecule has 25 heavy (non-hydrogen) atoms. The van der Waals surface area contributed by atoms with Crippen LogP contribution in [0.2, 0.25) is 0 Å². The number of thioether (sulfide) groups is 1. The monoisotopic (exact) mass is 369 g/mol. The van der Waals surface area contributed by atoms with Crippen molar-refractivity contribution in [3.05, 3.63) is 59.7 Å². The molecular weight excluding hydrogens is 355 g/mol. The summed E-state index contributed by atoms with van der Waals surface area (Å²) in [6.07, 6.45) is -2.85. The summed E-state index contributed by atoms with van der Waals surface area (Å²) in [4.78, 5) is 24.6. The molecule has 8 heteroatoms. The third kappa shape index (κ3) is 4.99. The highest BCUT2D eigenvalue weighted by Gasteiger charge is 2.35. The van der Waals surface area contributed by atoms with E-state index < -0.39 is 35.8 Å². The number of para-hydroxylation sites is 1. The summed E-state index contributed by atoms with van der Waals surface area (Å²) >= 11 is 1.42. The Balaban J connectivity index is 2.02. The van der Waals surface area contributed by atoms with Crippen molar-refractivity contribution < 1.29 is 27.5 Å². The average Bonchev–Trinajstić information content (AvgIpc) is 2.59. The molecule has 0 unspecified atom stereocenters. The largest absolute Gasteiger partial charge is 0.452 e. The predicted octanol–water partition coefficient (Wildman–Crippen LogP) is 4.22. The first kappa shape index (κ1) is 18.9. The van der Waals surface area contributed by atoms with Gasteiger partial charge in [-0.15, -0.1) is 11.8 Å². The summed E-state index contributed by atoms with van der Waals surface area (Å²) in [5.41, 5.74) is -1.20. The molecule has 0 bridgehead atoms. The summed E-state index contributed by atoms with van der Waals surface area (Å²) in [6, 6.07) is 11.2. The van der Waals surface area contributed by atoms with E-state index in [1.165, 1.54) is 23.9 Å². The minimum absolute atomic E-state index is 0.534. The van der Waals surface area contributed by atoms with E-state index in [2.05, 4.69) is 5.32 Å². The number of nitrogens with one attached hydrogen (secondary N) is 1. The predicted molar refractivity (Wildman–Crippen MR) is 88.6 cm³/mol. The number of alkyl halides is 3. The number of benzene rings is 2. The topological polar surface area (TPSA) is 55.4 Å². The van der Waals surface area contributed by atoms with Gasteiger partial charge < -0.3 is 10.1 Å². The smallest absolute Gasteiger partial charge is 0.417 e. The number of esters is 1. The number of ether oxygens (including phenoxy) is 1. The zero-order chi connectivity index (χ0) is 18.4. The quantitative estimate of drug-likeness (QED) is 0.633. The normalized spacial score (nSPS) is 11.0. The van der Waals surface area contributed by atoms with E-state index in [1.807, 2.05) is 6.26 Å². The van der Waals surface area contributed by atoms with Crippen molar-refractivity contribution in [1.82, 2.24) is 0 Å². The SMILES string of the molecule is CSc1ccccc1NC(=O)COC(=O)c1ccccc1C(F)(F)F. The van der Waals surface area contributed by atoms with E-state index in [9.17, 15) is 22.8 Å². The lowest BCUT2D eigenvalue weighted by molar-refractivity contribution is -0.138. The van der Waals surface area contributed by atoms with Crippen molar-refractivity contribution >= 4 is 29.3 Å². The third-order valence-corrected chi connectivity index (χ3v) is 3.96. The van der Waals surface area contributed by atoms with Gasteiger partial charge in [0.25, 0.3) is 5.91 Å². The third-order valence-electron chi connectivity index (χ3n) is 3.17. The first-order chi connectivity index (χ1) is 11.8. The molecule has 132 valence electrons. The number of carbonyl (C=O) groups excluding carboxylic acids is 2. The molecule has 0 saturated heterocycles. The van der Waals surface area contributed by atoms with Crippen LogP contribution in [0, 0.1) is 0 Å². The van der Waals surface area contributed by atoms with Crippen LogP contribution in [0.4, 0.5) is 18.9 Å². The number of hydrogen-bond acceptors (Lipinski definition) is 4. The van der Waals surface area contributed by atoms with E-state index in [0.717, 1.165) is 17.0 Å². The molecule has 2 aromatic carbocycles. The Hall–Kier alpha value is -2.48. The van der Waals surface area contributed by atoms with Crippen LogP contribution in [0.5, 0.6) is 0 Å². The Kier molecular flexibility index (Phi) is 6.08. The van der Waals surface area contributed by atoms with Gasteiger partial charge in [-0.3, -0.25) is 4.79 Å². The Morgan fingerprint density at radius 3 is 2.40 bits per heavy atom. The molecule has 0 saturated carbocycles.